The van der Waals surface area contributed by atoms with E-state index in [2.05, 4.69) is 25.3 Å². The molecule has 0 spiro atoms. The first-order valence-corrected chi connectivity index (χ1v) is 10.9. The summed E-state index contributed by atoms with van der Waals surface area (Å²) in [7, 11) is 1.40. The highest BCUT2D eigenvalue weighted by Gasteiger charge is 2.31. The second-order valence-corrected chi connectivity index (χ2v) is 8.07. The van der Waals surface area contributed by atoms with Gasteiger partial charge < -0.3 is 10.2 Å². The Balaban J connectivity index is 1.61. The van der Waals surface area contributed by atoms with Crippen LogP contribution in [0.4, 0.5) is 39.3 Å². The van der Waals surface area contributed by atoms with Gasteiger partial charge in [-0.3, -0.25) is 14.2 Å². The van der Waals surface area contributed by atoms with Gasteiger partial charge in [-0.1, -0.05) is 6.07 Å². The van der Waals surface area contributed by atoms with E-state index in [0.29, 0.717) is 23.7 Å². The van der Waals surface area contributed by atoms with Crippen molar-refractivity contribution in [3.05, 3.63) is 96.2 Å². The first-order chi connectivity index (χ1) is 18.1. The van der Waals surface area contributed by atoms with Gasteiger partial charge in [0.1, 0.15) is 34.6 Å². The van der Waals surface area contributed by atoms with Gasteiger partial charge in [-0.05, 0) is 30.3 Å². The molecule has 5 aromatic rings. The molecule has 0 saturated carbocycles. The van der Waals surface area contributed by atoms with Crippen LogP contribution in [0.25, 0.3) is 17.0 Å². The Bertz CT molecular complexity index is 1670. The molecule has 1 amide bonds. The van der Waals surface area contributed by atoms with E-state index in [0.717, 1.165) is 24.4 Å². The van der Waals surface area contributed by atoms with E-state index in [1.165, 1.54) is 18.0 Å². The molecule has 0 bridgehead atoms. The van der Waals surface area contributed by atoms with Crippen LogP contribution < -0.4 is 10.2 Å². The van der Waals surface area contributed by atoms with Gasteiger partial charge in [0.2, 0.25) is 0 Å². The smallest absolute Gasteiger partial charge is 0.327 e. The molecule has 0 aliphatic rings. The maximum absolute atomic E-state index is 14.5. The summed E-state index contributed by atoms with van der Waals surface area (Å²) in [5.74, 6) is -2.38. The molecular formula is C25H16F5N7O. The lowest BCUT2D eigenvalue weighted by atomic mass is 10.2. The Hall–Kier alpha value is -4.94. The van der Waals surface area contributed by atoms with Crippen LogP contribution in [0.5, 0.6) is 0 Å². The molecule has 13 heteroatoms. The number of alkyl halides is 3. The van der Waals surface area contributed by atoms with Gasteiger partial charge in [0.25, 0.3) is 5.91 Å². The highest BCUT2D eigenvalue weighted by atomic mass is 19.4. The van der Waals surface area contributed by atoms with Crippen molar-refractivity contribution in [2.24, 2.45) is 0 Å². The highest BCUT2D eigenvalue weighted by molar-refractivity contribution is 6.03. The summed E-state index contributed by atoms with van der Waals surface area (Å²) < 4.78 is 69.5. The van der Waals surface area contributed by atoms with E-state index in [1.807, 2.05) is 0 Å². The fraction of sp³-hybridized carbons (Fsp3) is 0.0800. The first kappa shape index (κ1) is 24.7. The van der Waals surface area contributed by atoms with Crippen LogP contribution in [0, 0.1) is 11.6 Å². The van der Waals surface area contributed by atoms with E-state index >= 15 is 0 Å². The Morgan fingerprint density at radius 3 is 2.61 bits per heavy atom. The predicted molar refractivity (Wildman–Crippen MR) is 128 cm³/mol. The van der Waals surface area contributed by atoms with Crippen molar-refractivity contribution in [2.75, 3.05) is 17.3 Å². The van der Waals surface area contributed by atoms with Gasteiger partial charge in [-0.15, -0.1) is 0 Å². The number of carbonyl (C=O) groups is 1. The van der Waals surface area contributed by atoms with Crippen molar-refractivity contribution in [1.82, 2.24) is 24.3 Å². The molecule has 5 rings (SSSR count). The molecule has 8 nitrogen and oxygen atoms in total. The van der Waals surface area contributed by atoms with Gasteiger partial charge in [0.05, 0.1) is 11.3 Å². The largest absolute Gasteiger partial charge is 0.417 e. The number of rotatable bonds is 5. The van der Waals surface area contributed by atoms with E-state index in [1.54, 1.807) is 35.0 Å². The lowest BCUT2D eigenvalue weighted by Gasteiger charge is -2.20. The highest BCUT2D eigenvalue weighted by Crippen LogP contribution is 2.32. The summed E-state index contributed by atoms with van der Waals surface area (Å²) in [5, 5.41) is 2.68. The zero-order chi connectivity index (χ0) is 27.0. The molecular weight excluding hydrogens is 509 g/mol. The van der Waals surface area contributed by atoms with Crippen LogP contribution in [-0.4, -0.2) is 37.3 Å². The lowest BCUT2D eigenvalue weighted by molar-refractivity contribution is -0.137. The number of amides is 1. The van der Waals surface area contributed by atoms with Gasteiger partial charge in [-0.25, -0.2) is 23.7 Å². The van der Waals surface area contributed by atoms with Gasteiger partial charge in [-0.2, -0.15) is 13.2 Å². The number of aromatic nitrogens is 5. The number of nitrogens with zero attached hydrogens (tertiary/aromatic N) is 6. The molecule has 0 aliphatic carbocycles. The summed E-state index contributed by atoms with van der Waals surface area (Å²) in [6, 6.07) is 9.91. The minimum atomic E-state index is -4.68. The summed E-state index contributed by atoms with van der Waals surface area (Å²) in [6.45, 7) is 0. The molecule has 0 unspecified atom stereocenters. The maximum atomic E-state index is 14.5. The number of nitrogens with one attached hydrogen (secondary N) is 1. The Morgan fingerprint density at radius 1 is 1.03 bits per heavy atom. The number of carbonyl (C=O) groups excluding carboxylic acids is 1. The SMILES string of the molecule is CN(c1cc(C(=O)Nc2cccc3nccn23)nc(-c2cncc(C(F)(F)F)c2)n1)c1ccc(F)cc1F. The Morgan fingerprint density at radius 2 is 1.84 bits per heavy atom. The zero-order valence-electron chi connectivity index (χ0n) is 19.4. The molecule has 4 aromatic heterocycles. The Kier molecular flexibility index (Phi) is 6.18. The molecule has 38 heavy (non-hydrogen) atoms. The molecule has 0 radical (unpaired) electrons. The minimum Gasteiger partial charge on any atom is -0.327 e. The monoisotopic (exact) mass is 525 g/mol. The summed E-state index contributed by atoms with van der Waals surface area (Å²) >= 11 is 0. The van der Waals surface area contributed by atoms with Gasteiger partial charge in [0, 0.05) is 49.5 Å². The number of hydrogen-bond acceptors (Lipinski definition) is 6. The zero-order valence-corrected chi connectivity index (χ0v) is 19.4. The fourth-order valence-corrected chi connectivity index (χ4v) is 3.68. The molecule has 0 aliphatic heterocycles. The lowest BCUT2D eigenvalue weighted by Crippen LogP contribution is -2.19. The normalized spacial score (nSPS) is 11.5. The number of anilines is 3. The summed E-state index contributed by atoms with van der Waals surface area (Å²) in [6.07, 6.45) is 0.242. The van der Waals surface area contributed by atoms with Gasteiger partial charge >= 0.3 is 6.18 Å². The number of hydrogen-bond donors (Lipinski definition) is 1. The van der Waals surface area contributed by atoms with Gasteiger partial charge in [0.15, 0.2) is 5.82 Å². The second-order valence-electron chi connectivity index (χ2n) is 8.07. The van der Waals surface area contributed by atoms with Crippen LogP contribution in [0.3, 0.4) is 0 Å². The van der Waals surface area contributed by atoms with Crippen molar-refractivity contribution < 1.29 is 26.7 Å². The quantitative estimate of drug-likeness (QED) is 0.305. The Labute approximate surface area is 211 Å². The number of imidazole rings is 1. The fourth-order valence-electron chi connectivity index (χ4n) is 3.68. The summed E-state index contributed by atoms with van der Waals surface area (Å²) in [4.78, 5) is 30.6. The van der Waals surface area contributed by atoms with Crippen molar-refractivity contribution in [3.8, 4) is 11.4 Å². The van der Waals surface area contributed by atoms with Crippen molar-refractivity contribution in [1.29, 1.82) is 0 Å². The minimum absolute atomic E-state index is 0.0380. The van der Waals surface area contributed by atoms with Crippen molar-refractivity contribution >= 4 is 28.9 Å². The number of halogens is 5. The van der Waals surface area contributed by atoms with Crippen LogP contribution >= 0.6 is 0 Å². The third-order valence-corrected chi connectivity index (χ3v) is 5.55. The average Bonchev–Trinajstić information content (AvgIpc) is 3.38. The van der Waals surface area contributed by atoms with Crippen LogP contribution in [0.15, 0.2) is 73.3 Å². The van der Waals surface area contributed by atoms with Crippen LogP contribution in [0.2, 0.25) is 0 Å². The third-order valence-electron chi connectivity index (χ3n) is 5.55. The van der Waals surface area contributed by atoms with E-state index in [-0.39, 0.29) is 28.6 Å². The topological polar surface area (TPSA) is 88.3 Å². The number of benzene rings is 1. The average molecular weight is 525 g/mol. The van der Waals surface area contributed by atoms with Crippen molar-refractivity contribution in [2.45, 2.75) is 6.18 Å². The molecule has 192 valence electrons. The second kappa shape index (κ2) is 9.50. The van der Waals surface area contributed by atoms with E-state index < -0.39 is 29.3 Å². The summed E-state index contributed by atoms with van der Waals surface area (Å²) in [5.41, 5.74) is -0.921. The molecule has 0 fully saturated rings. The predicted octanol–water partition coefficient (Wildman–Crippen LogP) is 5.50. The molecule has 4 heterocycles. The number of pyridine rings is 2. The molecule has 1 N–H and O–H groups in total. The maximum Gasteiger partial charge on any atom is 0.417 e. The number of fused-ring (bicyclic) bond motifs is 1. The van der Waals surface area contributed by atoms with E-state index in [4.69, 9.17) is 0 Å². The van der Waals surface area contributed by atoms with Crippen molar-refractivity contribution in [3.63, 3.8) is 0 Å². The van der Waals surface area contributed by atoms with Crippen LogP contribution in [0.1, 0.15) is 16.1 Å². The third kappa shape index (κ3) is 4.85. The molecule has 1 aromatic carbocycles. The molecule has 0 atom stereocenters. The first-order valence-electron chi connectivity index (χ1n) is 10.9. The van der Waals surface area contributed by atoms with E-state index in [9.17, 15) is 26.7 Å². The molecule has 0 saturated heterocycles. The van der Waals surface area contributed by atoms with Crippen LogP contribution in [-0.2, 0) is 6.18 Å². The standard InChI is InChI=1S/C25H16F5N7O/c1-36(19-6-5-16(26)10-17(19)27)22-11-18(24(38)35-21-4-2-3-20-32-7-8-37(20)21)33-23(34-22)14-9-15(13-31-12-14)25(28,29)30/h2-13H,1H3,(H,35,38).